The summed E-state index contributed by atoms with van der Waals surface area (Å²) in [5, 5.41) is 3.21. The van der Waals surface area contributed by atoms with Crippen LogP contribution in [-0.2, 0) is 11.2 Å². The van der Waals surface area contributed by atoms with Crippen LogP contribution in [0.25, 0.3) is 0 Å². The van der Waals surface area contributed by atoms with E-state index in [1.54, 1.807) is 7.11 Å². The van der Waals surface area contributed by atoms with E-state index in [0.717, 1.165) is 55.3 Å². The second kappa shape index (κ2) is 9.78. The van der Waals surface area contributed by atoms with Crippen LogP contribution in [0.4, 0.5) is 0 Å². The van der Waals surface area contributed by atoms with E-state index in [4.69, 9.17) is 4.74 Å². The van der Waals surface area contributed by atoms with Crippen LogP contribution in [0.15, 0.2) is 18.2 Å². The van der Waals surface area contributed by atoms with Crippen molar-refractivity contribution in [2.24, 2.45) is 5.92 Å². The molecular weight excluding hydrogens is 312 g/mol. The van der Waals surface area contributed by atoms with Crippen LogP contribution in [0.1, 0.15) is 30.4 Å². The highest BCUT2D eigenvalue weighted by Gasteiger charge is 2.23. The Bertz CT molecular complexity index is 500. The number of nitrogens with one attached hydrogen (secondary N) is 1. The van der Waals surface area contributed by atoms with Crippen molar-refractivity contribution in [3.63, 3.8) is 0 Å². The summed E-state index contributed by atoms with van der Waals surface area (Å²) in [6, 6.07) is 6.01. The van der Waals surface area contributed by atoms with E-state index in [2.05, 4.69) is 11.4 Å². The Labute approximate surface area is 146 Å². The maximum Gasteiger partial charge on any atom is 0.227 e. The molecule has 1 heterocycles. The van der Waals surface area contributed by atoms with Gasteiger partial charge in [-0.1, -0.05) is 17.7 Å². The molecule has 4 nitrogen and oxygen atoms in total. The summed E-state index contributed by atoms with van der Waals surface area (Å²) in [5.74, 6) is 1.78. The molecule has 0 unspecified atom stereocenters. The fraction of sp³-hybridized carbons (Fsp3) is 0.611. The van der Waals surface area contributed by atoms with Gasteiger partial charge in [0, 0.05) is 18.7 Å². The van der Waals surface area contributed by atoms with E-state index in [0.29, 0.717) is 6.42 Å². The lowest BCUT2D eigenvalue weighted by atomic mass is 9.93. The van der Waals surface area contributed by atoms with Gasteiger partial charge in [0.1, 0.15) is 5.75 Å². The fourth-order valence-electron chi connectivity index (χ4n) is 3.14. The number of ether oxygens (including phenoxy) is 1. The minimum Gasteiger partial charge on any atom is -0.496 e. The van der Waals surface area contributed by atoms with Crippen molar-refractivity contribution in [1.29, 1.82) is 0 Å². The van der Waals surface area contributed by atoms with Gasteiger partial charge in [-0.05, 0) is 51.8 Å². The van der Waals surface area contributed by atoms with Crippen LogP contribution in [0.5, 0.6) is 5.75 Å². The van der Waals surface area contributed by atoms with Crippen molar-refractivity contribution in [2.75, 3.05) is 33.8 Å². The maximum absolute atomic E-state index is 12.5. The standard InChI is InChI=1S/C18H28N2O2.ClH/c1-14-4-5-17(22-3)16(12-14)13-18(21)20-10-7-15(8-11-20)6-9-19-2;/h4-5,12,15,19H,6-11,13H2,1-3H3;1H. The maximum atomic E-state index is 12.5. The second-order valence-electron chi connectivity index (χ2n) is 6.21. The summed E-state index contributed by atoms with van der Waals surface area (Å²) in [6.07, 6.45) is 3.90. The Morgan fingerprint density at radius 3 is 2.65 bits per heavy atom. The zero-order chi connectivity index (χ0) is 15.9. The summed E-state index contributed by atoms with van der Waals surface area (Å²) in [5.41, 5.74) is 2.15. The fourth-order valence-corrected chi connectivity index (χ4v) is 3.14. The van der Waals surface area contributed by atoms with Crippen molar-refractivity contribution in [1.82, 2.24) is 10.2 Å². The van der Waals surface area contributed by atoms with Crippen LogP contribution in [0.3, 0.4) is 0 Å². The lowest BCUT2D eigenvalue weighted by Gasteiger charge is -2.32. The molecule has 1 saturated heterocycles. The van der Waals surface area contributed by atoms with Crippen LogP contribution < -0.4 is 10.1 Å². The first-order chi connectivity index (χ1) is 10.6. The Hall–Kier alpha value is -1.26. The van der Waals surface area contributed by atoms with Crippen molar-refractivity contribution >= 4 is 18.3 Å². The third-order valence-corrected chi connectivity index (χ3v) is 4.55. The molecule has 5 heteroatoms. The summed E-state index contributed by atoms with van der Waals surface area (Å²) < 4.78 is 5.37. The van der Waals surface area contributed by atoms with E-state index in [9.17, 15) is 4.79 Å². The van der Waals surface area contributed by atoms with Crippen molar-refractivity contribution in [3.05, 3.63) is 29.3 Å². The molecule has 0 saturated carbocycles. The van der Waals surface area contributed by atoms with Gasteiger partial charge in [0.15, 0.2) is 0 Å². The van der Waals surface area contributed by atoms with Gasteiger partial charge < -0.3 is 15.0 Å². The smallest absolute Gasteiger partial charge is 0.227 e. The number of nitrogens with zero attached hydrogens (tertiary/aromatic N) is 1. The quantitative estimate of drug-likeness (QED) is 0.865. The molecule has 1 aromatic rings. The minimum absolute atomic E-state index is 0. The molecule has 1 aromatic carbocycles. The minimum atomic E-state index is 0. The normalized spacial score (nSPS) is 15.2. The highest BCUT2D eigenvalue weighted by atomic mass is 35.5. The molecule has 1 fully saturated rings. The van der Waals surface area contributed by atoms with Crippen LogP contribution >= 0.6 is 12.4 Å². The van der Waals surface area contributed by atoms with Crippen molar-refractivity contribution < 1.29 is 9.53 Å². The van der Waals surface area contributed by atoms with Gasteiger partial charge in [-0.15, -0.1) is 12.4 Å². The number of likely N-dealkylation sites (tertiary alicyclic amines) is 1. The van der Waals surface area contributed by atoms with Gasteiger partial charge in [-0.2, -0.15) is 0 Å². The Morgan fingerprint density at radius 2 is 2.04 bits per heavy atom. The molecule has 0 radical (unpaired) electrons. The molecule has 130 valence electrons. The molecule has 1 N–H and O–H groups in total. The number of rotatable bonds is 6. The van der Waals surface area contributed by atoms with Gasteiger partial charge in [0.05, 0.1) is 13.5 Å². The monoisotopic (exact) mass is 340 g/mol. The zero-order valence-corrected chi connectivity index (χ0v) is 15.2. The third kappa shape index (κ3) is 5.70. The highest BCUT2D eigenvalue weighted by Crippen LogP contribution is 2.23. The first kappa shape index (κ1) is 19.8. The van der Waals surface area contributed by atoms with Gasteiger partial charge in [0.2, 0.25) is 5.91 Å². The van der Waals surface area contributed by atoms with E-state index in [-0.39, 0.29) is 18.3 Å². The molecule has 0 aliphatic carbocycles. The van der Waals surface area contributed by atoms with Crippen molar-refractivity contribution in [2.45, 2.75) is 32.6 Å². The molecule has 1 aliphatic heterocycles. The van der Waals surface area contributed by atoms with E-state index < -0.39 is 0 Å². The average molecular weight is 341 g/mol. The molecule has 0 atom stereocenters. The number of carbonyl (C=O) groups is 1. The zero-order valence-electron chi connectivity index (χ0n) is 14.4. The van der Waals surface area contributed by atoms with Gasteiger partial charge in [0.25, 0.3) is 0 Å². The van der Waals surface area contributed by atoms with Crippen molar-refractivity contribution in [3.8, 4) is 5.75 Å². The van der Waals surface area contributed by atoms with Crippen LogP contribution in [0, 0.1) is 12.8 Å². The Kier molecular flexibility index (Phi) is 8.42. The van der Waals surface area contributed by atoms with Gasteiger partial charge in [-0.3, -0.25) is 4.79 Å². The van der Waals surface area contributed by atoms with Gasteiger partial charge >= 0.3 is 0 Å². The molecule has 1 amide bonds. The summed E-state index contributed by atoms with van der Waals surface area (Å²) >= 11 is 0. The number of aryl methyl sites for hydroxylation is 1. The number of benzene rings is 1. The number of amides is 1. The lowest BCUT2D eigenvalue weighted by Crippen LogP contribution is -2.39. The number of halogens is 1. The first-order valence-corrected chi connectivity index (χ1v) is 8.20. The highest BCUT2D eigenvalue weighted by molar-refractivity contribution is 5.85. The Morgan fingerprint density at radius 1 is 1.35 bits per heavy atom. The summed E-state index contributed by atoms with van der Waals surface area (Å²) in [6.45, 7) is 4.89. The van der Waals surface area contributed by atoms with Crippen LogP contribution in [0.2, 0.25) is 0 Å². The molecule has 0 spiro atoms. The predicted molar refractivity (Wildman–Crippen MR) is 96.5 cm³/mol. The lowest BCUT2D eigenvalue weighted by molar-refractivity contribution is -0.131. The number of methoxy groups -OCH3 is 1. The first-order valence-electron chi connectivity index (χ1n) is 8.20. The number of piperidine rings is 1. The predicted octanol–water partition coefficient (Wildman–Crippen LogP) is 2.82. The number of hydrogen-bond acceptors (Lipinski definition) is 3. The number of hydrogen-bond donors (Lipinski definition) is 1. The third-order valence-electron chi connectivity index (χ3n) is 4.55. The molecule has 2 rings (SSSR count). The molecular formula is C18H29ClN2O2. The molecule has 0 bridgehead atoms. The summed E-state index contributed by atoms with van der Waals surface area (Å²) in [4.78, 5) is 14.5. The van der Waals surface area contributed by atoms with E-state index >= 15 is 0 Å². The van der Waals surface area contributed by atoms with Gasteiger partial charge in [-0.25, -0.2) is 0 Å². The Balaban J connectivity index is 0.00000264. The van der Waals surface area contributed by atoms with Crippen LogP contribution in [-0.4, -0.2) is 44.6 Å². The van der Waals surface area contributed by atoms with E-state index in [1.807, 2.05) is 31.0 Å². The van der Waals surface area contributed by atoms with E-state index in [1.165, 1.54) is 6.42 Å². The molecule has 1 aliphatic rings. The molecule has 0 aromatic heterocycles. The topological polar surface area (TPSA) is 41.6 Å². The SMILES string of the molecule is CNCCC1CCN(C(=O)Cc2cc(C)ccc2OC)CC1.Cl. The number of carbonyl (C=O) groups excluding carboxylic acids is 1. The molecule has 23 heavy (non-hydrogen) atoms. The average Bonchev–Trinajstić information content (AvgIpc) is 2.53. The largest absolute Gasteiger partial charge is 0.496 e. The second-order valence-corrected chi connectivity index (χ2v) is 6.21. The summed E-state index contributed by atoms with van der Waals surface area (Å²) in [7, 11) is 3.65.